The van der Waals surface area contributed by atoms with E-state index in [1.54, 1.807) is 7.11 Å². The molecule has 0 saturated carbocycles. The second-order valence-electron chi connectivity index (χ2n) is 7.03. The summed E-state index contributed by atoms with van der Waals surface area (Å²) in [6.07, 6.45) is -1.53. The van der Waals surface area contributed by atoms with E-state index in [1.165, 1.54) is 6.33 Å². The Labute approximate surface area is 165 Å². The minimum Gasteiger partial charge on any atom is -0.493 e. The number of nitrogens with zero attached hydrogens (tertiary/aromatic N) is 2. The fraction of sp³-hybridized carbons (Fsp3) is 0.400. The molecule has 1 aliphatic rings. The van der Waals surface area contributed by atoms with Gasteiger partial charge in [0, 0.05) is 25.2 Å². The highest BCUT2D eigenvalue weighted by Gasteiger charge is 2.34. The van der Waals surface area contributed by atoms with Gasteiger partial charge in [-0.1, -0.05) is 18.2 Å². The summed E-state index contributed by atoms with van der Waals surface area (Å²) in [6.45, 7) is 1.14. The quantitative estimate of drug-likeness (QED) is 0.587. The van der Waals surface area contributed by atoms with Crippen LogP contribution >= 0.6 is 0 Å². The van der Waals surface area contributed by atoms with Crippen molar-refractivity contribution in [3.05, 3.63) is 47.9 Å². The van der Waals surface area contributed by atoms with E-state index in [1.807, 2.05) is 24.3 Å². The Kier molecular flexibility index (Phi) is 5.31. The summed E-state index contributed by atoms with van der Waals surface area (Å²) in [7, 11) is 1.66. The molecule has 0 radical (unpaired) electrons. The number of hydrogen-bond donors (Lipinski definition) is 2. The van der Waals surface area contributed by atoms with Crippen LogP contribution in [0.3, 0.4) is 0 Å². The monoisotopic (exact) mass is 406 g/mol. The molecular formula is C20H21F3N4O2. The smallest absolute Gasteiger partial charge is 0.431 e. The minimum atomic E-state index is -4.48. The van der Waals surface area contributed by atoms with Crippen molar-refractivity contribution in [2.75, 3.05) is 25.6 Å². The van der Waals surface area contributed by atoms with Gasteiger partial charge in [-0.15, -0.1) is 0 Å². The first-order valence-corrected chi connectivity index (χ1v) is 9.35. The number of anilines is 1. The molecule has 2 N–H and O–H groups in total. The number of para-hydroxylation sites is 1. The van der Waals surface area contributed by atoms with Crippen LogP contribution in [-0.4, -0.2) is 35.3 Å². The van der Waals surface area contributed by atoms with E-state index in [-0.39, 0.29) is 17.6 Å². The molecule has 2 atom stereocenters. The summed E-state index contributed by atoms with van der Waals surface area (Å²) < 4.78 is 50.4. The Morgan fingerprint density at radius 3 is 2.90 bits per heavy atom. The third-order valence-electron chi connectivity index (χ3n) is 5.13. The predicted molar refractivity (Wildman–Crippen MR) is 102 cm³/mol. The van der Waals surface area contributed by atoms with E-state index in [0.717, 1.165) is 30.2 Å². The van der Waals surface area contributed by atoms with Gasteiger partial charge in [-0.25, -0.2) is 9.97 Å². The largest absolute Gasteiger partial charge is 0.493 e. The Morgan fingerprint density at radius 2 is 2.10 bits per heavy atom. The number of alkyl halides is 3. The molecule has 0 fully saturated rings. The Hall–Kier alpha value is -2.81. The van der Waals surface area contributed by atoms with Crippen molar-refractivity contribution in [2.24, 2.45) is 5.92 Å². The first kappa shape index (κ1) is 19.5. The SMILES string of the molecule is COCCCC1COc2ccccc2C1Nc1ncnc2[nH]c(C(F)(F)F)cc12. The van der Waals surface area contributed by atoms with Crippen molar-refractivity contribution >= 4 is 16.9 Å². The molecule has 29 heavy (non-hydrogen) atoms. The summed E-state index contributed by atoms with van der Waals surface area (Å²) in [5.41, 5.74) is 0.255. The summed E-state index contributed by atoms with van der Waals surface area (Å²) in [6, 6.07) is 8.56. The van der Waals surface area contributed by atoms with Gasteiger partial charge >= 0.3 is 6.18 Å². The van der Waals surface area contributed by atoms with E-state index in [9.17, 15) is 13.2 Å². The molecule has 4 rings (SSSR count). The fourth-order valence-electron chi connectivity index (χ4n) is 3.71. The first-order valence-electron chi connectivity index (χ1n) is 9.35. The predicted octanol–water partition coefficient (Wildman–Crippen LogP) is 4.57. The second-order valence-corrected chi connectivity index (χ2v) is 7.03. The molecular weight excluding hydrogens is 385 g/mol. The number of halogens is 3. The maximum Gasteiger partial charge on any atom is 0.431 e. The van der Waals surface area contributed by atoms with Gasteiger partial charge in [0.05, 0.1) is 18.0 Å². The number of benzene rings is 1. The van der Waals surface area contributed by atoms with Gasteiger partial charge in [0.1, 0.15) is 29.2 Å². The minimum absolute atomic E-state index is 0.117. The second kappa shape index (κ2) is 7.90. The van der Waals surface area contributed by atoms with Gasteiger partial charge in [-0.3, -0.25) is 0 Å². The molecule has 0 spiro atoms. The van der Waals surface area contributed by atoms with Gasteiger partial charge in [0.15, 0.2) is 0 Å². The molecule has 9 heteroatoms. The molecule has 3 aromatic rings. The number of H-pyrrole nitrogens is 1. The third-order valence-corrected chi connectivity index (χ3v) is 5.13. The van der Waals surface area contributed by atoms with Crippen LogP contribution in [0, 0.1) is 5.92 Å². The molecule has 6 nitrogen and oxygen atoms in total. The van der Waals surface area contributed by atoms with Gasteiger partial charge in [-0.2, -0.15) is 13.2 Å². The number of nitrogens with one attached hydrogen (secondary N) is 2. The lowest BCUT2D eigenvalue weighted by molar-refractivity contribution is -0.140. The molecule has 0 saturated heterocycles. The number of hydrogen-bond acceptors (Lipinski definition) is 5. The highest BCUT2D eigenvalue weighted by atomic mass is 19.4. The number of methoxy groups -OCH3 is 1. The van der Waals surface area contributed by atoms with Crippen LogP contribution in [0.15, 0.2) is 36.7 Å². The molecule has 0 amide bonds. The van der Waals surface area contributed by atoms with Crippen molar-refractivity contribution in [1.82, 2.24) is 15.0 Å². The highest BCUT2D eigenvalue weighted by Crippen LogP contribution is 2.40. The van der Waals surface area contributed by atoms with Crippen LogP contribution in [-0.2, 0) is 10.9 Å². The molecule has 3 heterocycles. The lowest BCUT2D eigenvalue weighted by Gasteiger charge is -2.34. The molecule has 0 bridgehead atoms. The van der Waals surface area contributed by atoms with Crippen molar-refractivity contribution in [3.63, 3.8) is 0 Å². The molecule has 1 aromatic carbocycles. The third kappa shape index (κ3) is 4.00. The standard InChI is InChI=1S/C20H21F3N4O2/c1-28-8-4-5-12-10-29-15-7-3-2-6-13(15)17(12)27-19-14-9-16(20(21,22)23)26-18(14)24-11-25-19/h2-3,6-7,9,11-12,17H,4-5,8,10H2,1H3,(H2,24,25,26,27). The average molecular weight is 406 g/mol. The number of fused-ring (bicyclic) bond motifs is 2. The number of ether oxygens (including phenoxy) is 2. The maximum atomic E-state index is 13.1. The fourth-order valence-corrected chi connectivity index (χ4v) is 3.71. The molecule has 0 aliphatic carbocycles. The zero-order valence-corrected chi connectivity index (χ0v) is 15.8. The summed E-state index contributed by atoms with van der Waals surface area (Å²) >= 11 is 0. The van der Waals surface area contributed by atoms with Gasteiger partial charge in [0.25, 0.3) is 0 Å². The lowest BCUT2D eigenvalue weighted by Crippen LogP contribution is -2.31. The highest BCUT2D eigenvalue weighted by molar-refractivity contribution is 5.88. The molecule has 154 valence electrons. The van der Waals surface area contributed by atoms with Crippen LogP contribution in [0.2, 0.25) is 0 Å². The average Bonchev–Trinajstić information content (AvgIpc) is 3.15. The molecule has 2 unspecified atom stereocenters. The van der Waals surface area contributed by atoms with E-state index in [4.69, 9.17) is 9.47 Å². The van der Waals surface area contributed by atoms with Crippen molar-refractivity contribution in [2.45, 2.75) is 25.1 Å². The Morgan fingerprint density at radius 1 is 1.28 bits per heavy atom. The maximum absolute atomic E-state index is 13.1. The van der Waals surface area contributed by atoms with Crippen LogP contribution in [0.4, 0.5) is 19.0 Å². The van der Waals surface area contributed by atoms with E-state index < -0.39 is 11.9 Å². The van der Waals surface area contributed by atoms with E-state index >= 15 is 0 Å². The van der Waals surface area contributed by atoms with Crippen molar-refractivity contribution < 1.29 is 22.6 Å². The number of aromatic nitrogens is 3. The van der Waals surface area contributed by atoms with Crippen molar-refractivity contribution in [3.8, 4) is 5.75 Å². The molecule has 1 aliphatic heterocycles. The zero-order valence-electron chi connectivity index (χ0n) is 15.8. The molecule has 2 aromatic heterocycles. The number of rotatable bonds is 6. The Bertz CT molecular complexity index is 989. The zero-order chi connectivity index (χ0) is 20.4. The van der Waals surface area contributed by atoms with Crippen LogP contribution in [0.5, 0.6) is 5.75 Å². The van der Waals surface area contributed by atoms with Gasteiger partial charge in [-0.05, 0) is 25.0 Å². The summed E-state index contributed by atoms with van der Waals surface area (Å²) in [5.74, 6) is 1.25. The van der Waals surface area contributed by atoms with Crippen molar-refractivity contribution in [1.29, 1.82) is 0 Å². The Balaban J connectivity index is 1.69. The normalized spacial score (nSPS) is 19.0. The van der Waals surface area contributed by atoms with Gasteiger partial charge < -0.3 is 19.8 Å². The topological polar surface area (TPSA) is 72.1 Å². The lowest BCUT2D eigenvalue weighted by atomic mass is 9.87. The van der Waals surface area contributed by atoms with Crippen LogP contribution < -0.4 is 10.1 Å². The first-order chi connectivity index (χ1) is 14.0. The van der Waals surface area contributed by atoms with Gasteiger partial charge in [0.2, 0.25) is 0 Å². The van der Waals surface area contributed by atoms with E-state index in [0.29, 0.717) is 24.4 Å². The van der Waals surface area contributed by atoms with Crippen LogP contribution in [0.25, 0.3) is 11.0 Å². The number of aromatic amines is 1. The summed E-state index contributed by atoms with van der Waals surface area (Å²) in [4.78, 5) is 10.5. The summed E-state index contributed by atoms with van der Waals surface area (Å²) in [5, 5.41) is 3.67. The van der Waals surface area contributed by atoms with Crippen LogP contribution in [0.1, 0.15) is 30.1 Å². The van der Waals surface area contributed by atoms with E-state index in [2.05, 4.69) is 20.3 Å².